The zero-order valence-corrected chi connectivity index (χ0v) is 52.9. The maximum Gasteiger partial charge on any atom is 0.252 e. The van der Waals surface area contributed by atoms with E-state index in [9.17, 15) is 0 Å². The first-order chi connectivity index (χ1) is 39.1. The second kappa shape index (κ2) is 16.8. The Balaban J connectivity index is 1.04. The summed E-state index contributed by atoms with van der Waals surface area (Å²) < 4.78 is 0. The maximum absolute atomic E-state index is 2.82. The lowest BCUT2D eigenvalue weighted by atomic mass is 9.33. The van der Waals surface area contributed by atoms with E-state index in [0.29, 0.717) is 0 Å². The van der Waals surface area contributed by atoms with Crippen molar-refractivity contribution in [1.82, 2.24) is 0 Å². The first-order valence-electron chi connectivity index (χ1n) is 31.6. The van der Waals surface area contributed by atoms with Crippen LogP contribution < -0.4 is 31.1 Å². The zero-order chi connectivity index (χ0) is 58.2. The van der Waals surface area contributed by atoms with Crippen LogP contribution in [-0.2, 0) is 37.9 Å². The predicted molar refractivity (Wildman–Crippen MR) is 355 cm³/mol. The highest BCUT2D eigenvalue weighted by molar-refractivity contribution is 7.00. The summed E-state index contributed by atoms with van der Waals surface area (Å²) in [5.41, 5.74) is 33.8. The van der Waals surface area contributed by atoms with Gasteiger partial charge in [0.05, 0.1) is 5.54 Å². The van der Waals surface area contributed by atoms with Gasteiger partial charge in [0.1, 0.15) is 0 Å². The third-order valence-corrected chi connectivity index (χ3v) is 23.4. The van der Waals surface area contributed by atoms with E-state index in [-0.39, 0.29) is 50.2 Å². The number of anilines is 8. The molecule has 4 aliphatic carbocycles. The molecule has 4 heteroatoms. The minimum absolute atomic E-state index is 0.0000665. The molecule has 7 aliphatic rings. The van der Waals surface area contributed by atoms with E-state index in [1.54, 1.807) is 0 Å². The van der Waals surface area contributed by atoms with Gasteiger partial charge in [-0.15, -0.1) is 0 Å². The number of benzene rings is 8. The molecule has 3 heterocycles. The van der Waals surface area contributed by atoms with E-state index < -0.39 is 0 Å². The Bertz CT molecular complexity index is 4160. The van der Waals surface area contributed by atoms with Crippen LogP contribution in [-0.4, -0.2) is 12.3 Å². The van der Waals surface area contributed by atoms with Crippen molar-refractivity contribution in [3.8, 4) is 11.1 Å². The topological polar surface area (TPSA) is 9.72 Å². The largest absolute Gasteiger partial charge is 0.334 e. The monoisotopic (exact) mass is 1090 g/mol. The summed E-state index contributed by atoms with van der Waals surface area (Å²) in [6.07, 6.45) is 7.19. The normalized spacial score (nSPS) is 22.7. The van der Waals surface area contributed by atoms with Crippen LogP contribution in [0.25, 0.3) is 11.1 Å². The van der Waals surface area contributed by atoms with E-state index in [1.807, 2.05) is 0 Å². The number of hydrogen-bond acceptors (Lipinski definition) is 3. The molecule has 2 unspecified atom stereocenters. The van der Waals surface area contributed by atoms with Gasteiger partial charge < -0.3 is 14.7 Å². The van der Waals surface area contributed by atoms with E-state index in [1.165, 1.54) is 172 Å². The van der Waals surface area contributed by atoms with Gasteiger partial charge in [0.2, 0.25) is 0 Å². The average molecular weight is 1090 g/mol. The minimum Gasteiger partial charge on any atom is -0.334 e. The molecule has 0 spiro atoms. The van der Waals surface area contributed by atoms with Crippen LogP contribution in [0.1, 0.15) is 209 Å². The fraction of sp³-hybridized carbons (Fsp3) is 0.392. The molecule has 8 aromatic carbocycles. The van der Waals surface area contributed by atoms with Crippen molar-refractivity contribution in [3.63, 3.8) is 0 Å². The van der Waals surface area contributed by atoms with Crippen molar-refractivity contribution in [2.45, 2.75) is 200 Å². The third kappa shape index (κ3) is 6.93. The van der Waals surface area contributed by atoms with Gasteiger partial charge in [0, 0.05) is 67.2 Å². The van der Waals surface area contributed by atoms with Crippen molar-refractivity contribution < 1.29 is 0 Å². The number of aryl methyl sites for hydroxylation is 2. The van der Waals surface area contributed by atoms with Gasteiger partial charge in [0.25, 0.3) is 6.71 Å². The Morgan fingerprint density at radius 2 is 0.964 bits per heavy atom. The van der Waals surface area contributed by atoms with Crippen molar-refractivity contribution >= 4 is 68.6 Å². The van der Waals surface area contributed by atoms with Gasteiger partial charge in [-0.05, 0) is 212 Å². The molecule has 1 saturated carbocycles. The van der Waals surface area contributed by atoms with Crippen LogP contribution in [0.5, 0.6) is 0 Å². The molecular weight excluding hydrogens is 1000 g/mol. The van der Waals surface area contributed by atoms with Crippen molar-refractivity contribution in [2.24, 2.45) is 0 Å². The second-order valence-corrected chi connectivity index (χ2v) is 31.3. The number of hydrogen-bond donors (Lipinski definition) is 0. The summed E-state index contributed by atoms with van der Waals surface area (Å²) in [6.45, 7) is 41.7. The molecule has 3 aliphatic heterocycles. The molecule has 0 aromatic heterocycles. The van der Waals surface area contributed by atoms with Gasteiger partial charge in [0.15, 0.2) is 0 Å². The Hall–Kier alpha value is -6.78. The van der Waals surface area contributed by atoms with Gasteiger partial charge in [-0.3, -0.25) is 0 Å². The molecule has 8 aromatic rings. The highest BCUT2D eigenvalue weighted by Crippen LogP contribution is 2.63. The maximum atomic E-state index is 2.82. The molecule has 1 fully saturated rings. The Morgan fingerprint density at radius 1 is 0.398 bits per heavy atom. The first kappa shape index (κ1) is 53.0. The Kier molecular flexibility index (Phi) is 10.7. The average Bonchev–Trinajstić information content (AvgIpc) is 3.61. The quantitative estimate of drug-likeness (QED) is 0.163. The minimum atomic E-state index is -0.227. The summed E-state index contributed by atoms with van der Waals surface area (Å²) in [5.74, 6) is 0. The van der Waals surface area contributed by atoms with E-state index in [0.717, 1.165) is 6.42 Å². The van der Waals surface area contributed by atoms with Gasteiger partial charge in [-0.1, -0.05) is 195 Å². The van der Waals surface area contributed by atoms with Crippen molar-refractivity contribution in [2.75, 3.05) is 14.7 Å². The van der Waals surface area contributed by atoms with E-state index >= 15 is 0 Å². The summed E-state index contributed by atoms with van der Waals surface area (Å²) in [7, 11) is 0. The second-order valence-electron chi connectivity index (χ2n) is 31.3. The van der Waals surface area contributed by atoms with Crippen LogP contribution in [0.4, 0.5) is 45.5 Å². The fourth-order valence-electron chi connectivity index (χ4n) is 18.1. The molecule has 2 atom stereocenters. The van der Waals surface area contributed by atoms with Crippen LogP contribution in [0.2, 0.25) is 0 Å². The summed E-state index contributed by atoms with van der Waals surface area (Å²) in [4.78, 5) is 8.29. The highest BCUT2D eigenvalue weighted by atomic mass is 15.3. The first-order valence-corrected chi connectivity index (χ1v) is 31.6. The molecular formula is C79H86BN3. The lowest BCUT2D eigenvalue weighted by Gasteiger charge is -2.51. The smallest absolute Gasteiger partial charge is 0.252 e. The van der Waals surface area contributed by atoms with E-state index in [4.69, 9.17) is 0 Å². The molecule has 15 rings (SSSR count). The SMILES string of the molecule is Cc1cc2c3c(c1)N(c1cc4c(cc1C)C(C)(C)CCC4(C)C)c1cc4c(cc1B3c1ccc(N3c5ccc(C(C)(C)C)cc5C5(C)CCCCC35C)cc1N2c1ccc2c(c1)-c1ccccc1C2(C)C)C(C)(C)c1ccccc1C4(C)C. The molecule has 3 nitrogen and oxygen atoms in total. The lowest BCUT2D eigenvalue weighted by molar-refractivity contribution is 0.195. The summed E-state index contributed by atoms with van der Waals surface area (Å²) in [6, 6.07) is 57.0. The molecule has 0 radical (unpaired) electrons. The van der Waals surface area contributed by atoms with Gasteiger partial charge in [-0.25, -0.2) is 0 Å². The van der Waals surface area contributed by atoms with Crippen molar-refractivity contribution in [3.05, 3.63) is 206 Å². The molecule has 83 heavy (non-hydrogen) atoms. The Morgan fingerprint density at radius 3 is 1.65 bits per heavy atom. The van der Waals surface area contributed by atoms with E-state index in [2.05, 4.69) is 272 Å². The molecule has 0 N–H and O–H groups in total. The number of fused-ring (bicyclic) bond motifs is 13. The zero-order valence-electron chi connectivity index (χ0n) is 52.9. The predicted octanol–water partition coefficient (Wildman–Crippen LogP) is 19.0. The van der Waals surface area contributed by atoms with Crippen LogP contribution in [0.15, 0.2) is 140 Å². The molecule has 0 bridgehead atoms. The number of nitrogens with zero attached hydrogens (tertiary/aromatic N) is 3. The van der Waals surface area contributed by atoms with Crippen molar-refractivity contribution in [1.29, 1.82) is 0 Å². The highest BCUT2D eigenvalue weighted by Gasteiger charge is 2.58. The van der Waals surface area contributed by atoms with Crippen LogP contribution in [0, 0.1) is 13.8 Å². The third-order valence-electron chi connectivity index (χ3n) is 23.4. The Labute approximate surface area is 497 Å². The summed E-state index contributed by atoms with van der Waals surface area (Å²) in [5, 5.41) is 0. The molecule has 0 saturated heterocycles. The lowest BCUT2D eigenvalue weighted by Crippen LogP contribution is -2.62. The molecule has 420 valence electrons. The molecule has 0 amide bonds. The fourth-order valence-corrected chi connectivity index (χ4v) is 18.1. The summed E-state index contributed by atoms with van der Waals surface area (Å²) >= 11 is 0. The van der Waals surface area contributed by atoms with Crippen LogP contribution >= 0.6 is 0 Å². The standard InChI is InChI=1S/C79H86BN3/c1-47-38-69-71-70(39-47)82(66-45-59-58(40-48(66)2)73(6,7)36-37-74(59,8)9)68-46-61-60(76(12,13)56-26-20-21-27-57(56)77(61,14)15)44-64(68)80(71)63-32-30-51(83-65-33-28-49(72(3,4)5)41-62(65)78(16)34-22-23-35-79(78,83)17)43-67(63)81(69)50-29-31-55-53(42-50)52-24-18-19-25-54(52)75(55,10)11/h18-21,24-33,38-46H,22-23,34-37H2,1-17H3. The number of rotatable bonds is 3. The van der Waals surface area contributed by atoms with Gasteiger partial charge >= 0.3 is 0 Å². The van der Waals surface area contributed by atoms with Gasteiger partial charge in [-0.2, -0.15) is 0 Å². The van der Waals surface area contributed by atoms with Crippen LogP contribution in [0.3, 0.4) is 0 Å².